The lowest BCUT2D eigenvalue weighted by molar-refractivity contribution is 0.461. The molecule has 4 N–H and O–H groups in total. The number of para-hydroxylation sites is 1. The summed E-state index contributed by atoms with van der Waals surface area (Å²) in [5, 5.41) is 17.4. The average molecular weight is 309 g/mol. The number of halogens is 1. The van der Waals surface area contributed by atoms with Gasteiger partial charge in [0.15, 0.2) is 0 Å². The topological polar surface area (TPSA) is 92.4 Å². The van der Waals surface area contributed by atoms with E-state index in [1.165, 1.54) is 0 Å². The van der Waals surface area contributed by atoms with Gasteiger partial charge >= 0.3 is 0 Å². The van der Waals surface area contributed by atoms with E-state index in [0.717, 1.165) is 0 Å². The van der Waals surface area contributed by atoms with Gasteiger partial charge in [0.25, 0.3) is 0 Å². The Kier molecular flexibility index (Phi) is 4.72. The molecule has 1 aromatic carbocycles. The second-order valence-corrected chi connectivity index (χ2v) is 5.88. The van der Waals surface area contributed by atoms with Gasteiger partial charge in [-0.05, 0) is 22.0 Å². The number of benzene rings is 1. The Balaban J connectivity index is 2.47. The van der Waals surface area contributed by atoms with Crippen LogP contribution in [-0.4, -0.2) is 25.8 Å². The van der Waals surface area contributed by atoms with Gasteiger partial charge in [0.2, 0.25) is 10.0 Å². The predicted octanol–water partition coefficient (Wildman–Crippen LogP) is 0.533. The Hall–Kier alpha value is -0.630. The Morgan fingerprint density at radius 2 is 2.12 bits per heavy atom. The largest absolute Gasteiger partial charge is 0.506 e. The minimum Gasteiger partial charge on any atom is -0.506 e. The molecule has 1 aromatic rings. The van der Waals surface area contributed by atoms with Crippen molar-refractivity contribution >= 4 is 26.0 Å². The highest BCUT2D eigenvalue weighted by Gasteiger charge is 2.05. The molecule has 0 spiro atoms. The van der Waals surface area contributed by atoms with Gasteiger partial charge in [-0.25, -0.2) is 13.6 Å². The smallest absolute Gasteiger partial charge is 0.210 e. The highest BCUT2D eigenvalue weighted by atomic mass is 79.9. The summed E-state index contributed by atoms with van der Waals surface area (Å²) in [6.07, 6.45) is 0. The molecular weight excluding hydrogens is 296 g/mol. The van der Waals surface area contributed by atoms with E-state index in [2.05, 4.69) is 21.2 Å². The number of phenols is 1. The van der Waals surface area contributed by atoms with Crippen LogP contribution in [0.25, 0.3) is 0 Å². The van der Waals surface area contributed by atoms with E-state index < -0.39 is 10.0 Å². The van der Waals surface area contributed by atoms with Crippen molar-refractivity contribution in [3.8, 4) is 5.75 Å². The maximum atomic E-state index is 10.6. The molecule has 0 bridgehead atoms. The quantitative estimate of drug-likeness (QED) is 0.692. The molecule has 0 radical (unpaired) electrons. The van der Waals surface area contributed by atoms with Gasteiger partial charge in [-0.2, -0.15) is 0 Å². The third-order valence-corrected chi connectivity index (χ3v) is 3.36. The van der Waals surface area contributed by atoms with Crippen LogP contribution in [0.5, 0.6) is 5.75 Å². The Morgan fingerprint density at radius 1 is 1.44 bits per heavy atom. The number of rotatable bonds is 5. The summed E-state index contributed by atoms with van der Waals surface area (Å²) in [6, 6.07) is 5.27. The second-order valence-electron chi connectivity index (χ2n) is 3.29. The number of nitrogens with two attached hydrogens (primary N) is 1. The summed E-state index contributed by atoms with van der Waals surface area (Å²) >= 11 is 3.19. The van der Waals surface area contributed by atoms with E-state index in [9.17, 15) is 13.5 Å². The number of aromatic hydroxyl groups is 1. The minimum absolute atomic E-state index is 0.123. The molecule has 5 nitrogen and oxygen atoms in total. The normalized spacial score (nSPS) is 11.6. The number of phenolic OH excluding ortho intramolecular Hbond substituents is 1. The maximum absolute atomic E-state index is 10.6. The lowest BCUT2D eigenvalue weighted by Gasteiger charge is -2.07. The van der Waals surface area contributed by atoms with Gasteiger partial charge in [-0.15, -0.1) is 0 Å². The molecule has 0 heterocycles. The third-order valence-electron chi connectivity index (χ3n) is 1.95. The van der Waals surface area contributed by atoms with Crippen molar-refractivity contribution in [2.75, 3.05) is 12.3 Å². The monoisotopic (exact) mass is 308 g/mol. The van der Waals surface area contributed by atoms with Gasteiger partial charge in [0.1, 0.15) is 5.75 Å². The molecular formula is C9H13BrN2O3S. The SMILES string of the molecule is NS(=O)(=O)CCNCc1cccc(Br)c1O. The van der Waals surface area contributed by atoms with Crippen molar-refractivity contribution in [1.82, 2.24) is 5.32 Å². The summed E-state index contributed by atoms with van der Waals surface area (Å²) < 4.78 is 21.9. The molecule has 0 aliphatic heterocycles. The Labute approximate surface area is 103 Å². The van der Waals surface area contributed by atoms with Crippen LogP contribution in [0, 0.1) is 0 Å². The number of hydrogen-bond acceptors (Lipinski definition) is 4. The molecule has 0 fully saturated rings. The Morgan fingerprint density at radius 3 is 2.75 bits per heavy atom. The van der Waals surface area contributed by atoms with Gasteiger partial charge in [-0.3, -0.25) is 0 Å². The molecule has 90 valence electrons. The van der Waals surface area contributed by atoms with Crippen LogP contribution in [0.15, 0.2) is 22.7 Å². The number of sulfonamides is 1. The van der Waals surface area contributed by atoms with Crippen LogP contribution in [0.4, 0.5) is 0 Å². The van der Waals surface area contributed by atoms with Crippen LogP contribution < -0.4 is 10.5 Å². The highest BCUT2D eigenvalue weighted by molar-refractivity contribution is 9.10. The standard InChI is InChI=1S/C9H13BrN2O3S/c10-8-3-1-2-7(9(8)13)6-12-4-5-16(11,14)15/h1-3,12-13H,4-6H2,(H2,11,14,15). The van der Waals surface area contributed by atoms with E-state index in [-0.39, 0.29) is 18.0 Å². The number of primary sulfonamides is 1. The fourth-order valence-corrected chi connectivity index (χ4v) is 1.98. The molecule has 16 heavy (non-hydrogen) atoms. The maximum Gasteiger partial charge on any atom is 0.210 e. The average Bonchev–Trinajstić information content (AvgIpc) is 2.17. The summed E-state index contributed by atoms with van der Waals surface area (Å²) in [6.45, 7) is 0.644. The minimum atomic E-state index is -3.43. The first-order chi connectivity index (χ1) is 7.40. The lowest BCUT2D eigenvalue weighted by Crippen LogP contribution is -2.26. The van der Waals surface area contributed by atoms with E-state index in [4.69, 9.17) is 5.14 Å². The molecule has 0 atom stereocenters. The van der Waals surface area contributed by atoms with Crippen molar-refractivity contribution in [2.24, 2.45) is 5.14 Å². The molecule has 0 saturated heterocycles. The van der Waals surface area contributed by atoms with Gasteiger partial charge < -0.3 is 10.4 Å². The predicted molar refractivity (Wildman–Crippen MR) is 65.5 cm³/mol. The highest BCUT2D eigenvalue weighted by Crippen LogP contribution is 2.26. The third kappa shape index (κ3) is 4.48. The molecule has 0 amide bonds. The van der Waals surface area contributed by atoms with Crippen molar-refractivity contribution in [1.29, 1.82) is 0 Å². The summed E-state index contributed by atoms with van der Waals surface area (Å²) in [4.78, 5) is 0. The zero-order chi connectivity index (χ0) is 12.2. The van der Waals surface area contributed by atoms with Crippen molar-refractivity contribution < 1.29 is 13.5 Å². The fraction of sp³-hybridized carbons (Fsp3) is 0.333. The first kappa shape index (κ1) is 13.4. The molecule has 7 heteroatoms. The van der Waals surface area contributed by atoms with Crippen molar-refractivity contribution in [2.45, 2.75) is 6.54 Å². The zero-order valence-corrected chi connectivity index (χ0v) is 10.9. The van der Waals surface area contributed by atoms with Crippen LogP contribution in [0.1, 0.15) is 5.56 Å². The molecule has 0 aliphatic rings. The summed E-state index contributed by atoms with van der Waals surface area (Å²) in [7, 11) is -3.43. The first-order valence-electron chi connectivity index (χ1n) is 4.57. The van der Waals surface area contributed by atoms with E-state index in [1.807, 2.05) is 0 Å². The zero-order valence-electron chi connectivity index (χ0n) is 8.48. The lowest BCUT2D eigenvalue weighted by atomic mass is 10.2. The molecule has 1 rings (SSSR count). The van der Waals surface area contributed by atoms with Crippen LogP contribution in [-0.2, 0) is 16.6 Å². The van der Waals surface area contributed by atoms with E-state index in [1.54, 1.807) is 18.2 Å². The molecule has 0 unspecified atom stereocenters. The van der Waals surface area contributed by atoms with Crippen LogP contribution in [0.3, 0.4) is 0 Å². The summed E-state index contributed by atoms with van der Waals surface area (Å²) in [5.41, 5.74) is 0.698. The van der Waals surface area contributed by atoms with Gasteiger partial charge in [-0.1, -0.05) is 12.1 Å². The first-order valence-corrected chi connectivity index (χ1v) is 7.08. The second kappa shape index (κ2) is 5.62. The molecule has 0 saturated carbocycles. The number of hydrogen-bond donors (Lipinski definition) is 3. The van der Waals surface area contributed by atoms with Crippen molar-refractivity contribution in [3.63, 3.8) is 0 Å². The summed E-state index contributed by atoms with van der Waals surface area (Å²) in [5.74, 6) is 0.0347. The Bertz CT molecular complexity index is 462. The van der Waals surface area contributed by atoms with E-state index in [0.29, 0.717) is 16.6 Å². The number of nitrogens with one attached hydrogen (secondary N) is 1. The molecule has 0 aromatic heterocycles. The van der Waals surface area contributed by atoms with Crippen molar-refractivity contribution in [3.05, 3.63) is 28.2 Å². The fourth-order valence-electron chi connectivity index (χ4n) is 1.14. The van der Waals surface area contributed by atoms with Crippen LogP contribution >= 0.6 is 15.9 Å². The van der Waals surface area contributed by atoms with Crippen LogP contribution in [0.2, 0.25) is 0 Å². The van der Waals surface area contributed by atoms with E-state index >= 15 is 0 Å². The molecule has 0 aliphatic carbocycles. The van der Waals surface area contributed by atoms with Gasteiger partial charge in [0, 0.05) is 18.7 Å². The van der Waals surface area contributed by atoms with Gasteiger partial charge in [0.05, 0.1) is 10.2 Å².